The van der Waals surface area contributed by atoms with Crippen LogP contribution in [-0.2, 0) is 14.9 Å². The lowest BCUT2D eigenvalue weighted by atomic mass is 10.5. The molecule has 0 aliphatic rings. The van der Waals surface area contributed by atoms with Gasteiger partial charge in [-0.2, -0.15) is 21.6 Å². The van der Waals surface area contributed by atoms with E-state index in [9.17, 15) is 26.4 Å². The van der Waals surface area contributed by atoms with E-state index in [1.807, 2.05) is 0 Å². The summed E-state index contributed by atoms with van der Waals surface area (Å²) in [7, 11) is -4.52. The number of rotatable bonds is 3. The first-order chi connectivity index (χ1) is 6.04. The molecule has 14 heavy (non-hydrogen) atoms. The van der Waals surface area contributed by atoms with Crippen molar-refractivity contribution in [2.75, 3.05) is 12.3 Å². The first kappa shape index (κ1) is 13.1. The van der Waals surface area contributed by atoms with Crippen molar-refractivity contribution >= 4 is 16.0 Å². The molecule has 6 nitrogen and oxygen atoms in total. The molecule has 0 atom stereocenters. The SMILES string of the molecule is O=C(N(O)CCS(=O)(=O)O)C(F)(F)F. The minimum atomic E-state index is -5.28. The second kappa shape index (κ2) is 4.11. The molecule has 0 spiro atoms. The molecule has 0 radical (unpaired) electrons. The summed E-state index contributed by atoms with van der Waals surface area (Å²) in [6.07, 6.45) is -5.28. The zero-order valence-corrected chi connectivity index (χ0v) is 7.34. The van der Waals surface area contributed by atoms with Crippen molar-refractivity contribution in [3.8, 4) is 0 Å². The first-order valence-corrected chi connectivity index (χ1v) is 4.67. The molecule has 10 heteroatoms. The monoisotopic (exact) mass is 237 g/mol. The number of hydroxylamine groups is 2. The summed E-state index contributed by atoms with van der Waals surface area (Å²) in [6, 6.07) is 0. The van der Waals surface area contributed by atoms with Crippen LogP contribution in [0.15, 0.2) is 0 Å². The average molecular weight is 237 g/mol. The number of nitrogens with zero attached hydrogens (tertiary/aromatic N) is 1. The van der Waals surface area contributed by atoms with Crippen molar-refractivity contribution < 1.29 is 36.1 Å². The maximum absolute atomic E-state index is 11.6. The molecule has 0 aliphatic heterocycles. The molecule has 0 aliphatic carbocycles. The molecule has 0 bridgehead atoms. The Morgan fingerprint density at radius 2 is 1.79 bits per heavy atom. The lowest BCUT2D eigenvalue weighted by Gasteiger charge is -2.15. The molecule has 0 saturated heterocycles. The van der Waals surface area contributed by atoms with Gasteiger partial charge in [0, 0.05) is 0 Å². The first-order valence-electron chi connectivity index (χ1n) is 3.07. The van der Waals surface area contributed by atoms with Crippen LogP contribution >= 0.6 is 0 Å². The van der Waals surface area contributed by atoms with Crippen LogP contribution in [-0.4, -0.2) is 47.6 Å². The molecule has 0 fully saturated rings. The zero-order chi connectivity index (χ0) is 11.6. The molecule has 84 valence electrons. The predicted octanol–water partition coefficient (Wildman–Crippen LogP) is -0.346. The molecule has 0 heterocycles. The van der Waals surface area contributed by atoms with E-state index in [1.165, 1.54) is 0 Å². The maximum atomic E-state index is 11.6. The quantitative estimate of drug-likeness (QED) is 0.397. The maximum Gasteiger partial charge on any atom is 0.473 e. The fourth-order valence-electron chi connectivity index (χ4n) is 0.450. The van der Waals surface area contributed by atoms with Crippen LogP contribution in [0.3, 0.4) is 0 Å². The Balaban J connectivity index is 4.24. The van der Waals surface area contributed by atoms with Gasteiger partial charge in [-0.15, -0.1) is 0 Å². The van der Waals surface area contributed by atoms with Crippen molar-refractivity contribution in [2.45, 2.75) is 6.18 Å². The Morgan fingerprint density at radius 3 is 2.07 bits per heavy atom. The number of amides is 1. The zero-order valence-electron chi connectivity index (χ0n) is 6.52. The molecule has 0 unspecified atom stereocenters. The summed E-state index contributed by atoms with van der Waals surface area (Å²) in [5.41, 5.74) is 0. The molecule has 0 aromatic heterocycles. The summed E-state index contributed by atoms with van der Waals surface area (Å²) < 4.78 is 62.8. The number of carbonyl (C=O) groups is 1. The fourth-order valence-corrected chi connectivity index (χ4v) is 0.853. The third-order valence-corrected chi connectivity index (χ3v) is 1.74. The highest BCUT2D eigenvalue weighted by Crippen LogP contribution is 2.17. The van der Waals surface area contributed by atoms with E-state index in [1.54, 1.807) is 0 Å². The van der Waals surface area contributed by atoms with Gasteiger partial charge in [-0.25, -0.2) is 5.06 Å². The van der Waals surface area contributed by atoms with Crippen molar-refractivity contribution in [2.24, 2.45) is 0 Å². The van der Waals surface area contributed by atoms with Crippen molar-refractivity contribution in [3.05, 3.63) is 0 Å². The summed E-state index contributed by atoms with van der Waals surface area (Å²) in [6.45, 7) is -1.16. The highest BCUT2D eigenvalue weighted by molar-refractivity contribution is 7.85. The minimum absolute atomic E-state index is 0.826. The standard InChI is InChI=1S/C4H6F3NO5S/c5-4(6,7)3(9)8(10)1-2-14(11,12)13/h10H,1-2H2,(H,11,12,13). The highest BCUT2D eigenvalue weighted by Gasteiger charge is 2.42. The summed E-state index contributed by atoms with van der Waals surface area (Å²) in [5.74, 6) is -3.77. The Bertz CT molecular complexity index is 309. The Kier molecular flexibility index (Phi) is 3.85. The number of hydrogen-bond acceptors (Lipinski definition) is 4. The summed E-state index contributed by atoms with van der Waals surface area (Å²) in [5, 5.41) is 7.58. The van der Waals surface area contributed by atoms with Gasteiger partial charge < -0.3 is 0 Å². The number of alkyl halides is 3. The van der Waals surface area contributed by atoms with E-state index < -0.39 is 39.6 Å². The van der Waals surface area contributed by atoms with E-state index in [-0.39, 0.29) is 0 Å². The topological polar surface area (TPSA) is 94.9 Å². The van der Waals surface area contributed by atoms with E-state index in [4.69, 9.17) is 9.76 Å². The summed E-state index contributed by atoms with van der Waals surface area (Å²) >= 11 is 0. The molecule has 0 aromatic carbocycles. The third kappa shape index (κ3) is 4.99. The van der Waals surface area contributed by atoms with Crippen LogP contribution in [0, 0.1) is 0 Å². The minimum Gasteiger partial charge on any atom is -0.286 e. The van der Waals surface area contributed by atoms with Crippen LogP contribution in [0.2, 0.25) is 0 Å². The van der Waals surface area contributed by atoms with Crippen LogP contribution in [0.5, 0.6) is 0 Å². The number of carbonyl (C=O) groups excluding carboxylic acids is 1. The van der Waals surface area contributed by atoms with Gasteiger partial charge in [0.25, 0.3) is 10.1 Å². The molecular formula is C4H6F3NO5S. The van der Waals surface area contributed by atoms with Gasteiger partial charge >= 0.3 is 12.1 Å². The Morgan fingerprint density at radius 1 is 1.36 bits per heavy atom. The van der Waals surface area contributed by atoms with Gasteiger partial charge in [0.15, 0.2) is 0 Å². The van der Waals surface area contributed by atoms with E-state index in [2.05, 4.69) is 0 Å². The molecule has 2 N–H and O–H groups in total. The van der Waals surface area contributed by atoms with Crippen LogP contribution < -0.4 is 0 Å². The van der Waals surface area contributed by atoms with Crippen LogP contribution in [0.1, 0.15) is 0 Å². The fraction of sp³-hybridized carbons (Fsp3) is 0.750. The van der Waals surface area contributed by atoms with Crippen molar-refractivity contribution in [1.29, 1.82) is 0 Å². The van der Waals surface area contributed by atoms with Gasteiger partial charge in [-0.3, -0.25) is 14.6 Å². The number of halogens is 3. The normalized spacial score (nSPS) is 12.6. The van der Waals surface area contributed by atoms with E-state index in [0.29, 0.717) is 0 Å². The van der Waals surface area contributed by atoms with E-state index in [0.717, 1.165) is 0 Å². The molecular weight excluding hydrogens is 231 g/mol. The van der Waals surface area contributed by atoms with Gasteiger partial charge in [-0.1, -0.05) is 0 Å². The third-order valence-electron chi connectivity index (χ3n) is 1.04. The highest BCUT2D eigenvalue weighted by atomic mass is 32.2. The molecule has 0 aromatic rings. The lowest BCUT2D eigenvalue weighted by molar-refractivity contribution is -0.214. The second-order valence-corrected chi connectivity index (χ2v) is 3.78. The predicted molar refractivity (Wildman–Crippen MR) is 36.0 cm³/mol. The lowest BCUT2D eigenvalue weighted by Crippen LogP contribution is -2.41. The second-order valence-electron chi connectivity index (χ2n) is 2.21. The molecule has 0 rings (SSSR count). The van der Waals surface area contributed by atoms with Crippen molar-refractivity contribution in [3.63, 3.8) is 0 Å². The molecule has 0 saturated carbocycles. The Labute approximate surface area is 76.6 Å². The van der Waals surface area contributed by atoms with Crippen molar-refractivity contribution in [1.82, 2.24) is 5.06 Å². The number of hydrogen-bond donors (Lipinski definition) is 2. The van der Waals surface area contributed by atoms with E-state index >= 15 is 0 Å². The molecule has 1 amide bonds. The smallest absolute Gasteiger partial charge is 0.286 e. The largest absolute Gasteiger partial charge is 0.473 e. The van der Waals surface area contributed by atoms with Crippen LogP contribution in [0.25, 0.3) is 0 Å². The average Bonchev–Trinajstić information content (AvgIpc) is 1.95. The summed E-state index contributed by atoms with van der Waals surface area (Å²) in [4.78, 5) is 10.2. The van der Waals surface area contributed by atoms with Gasteiger partial charge in [-0.05, 0) is 0 Å². The van der Waals surface area contributed by atoms with Gasteiger partial charge in [0.05, 0.1) is 12.3 Å². The van der Waals surface area contributed by atoms with Crippen LogP contribution in [0.4, 0.5) is 13.2 Å². The van der Waals surface area contributed by atoms with Gasteiger partial charge in [0.1, 0.15) is 0 Å². The Hall–Kier alpha value is -0.870. The van der Waals surface area contributed by atoms with Gasteiger partial charge in [0.2, 0.25) is 0 Å².